The molecule has 0 spiro atoms. The van der Waals surface area contributed by atoms with Crippen molar-refractivity contribution in [2.45, 2.75) is 45.1 Å². The molecule has 110 valence electrons. The predicted molar refractivity (Wildman–Crippen MR) is 79.2 cm³/mol. The van der Waals surface area contributed by atoms with Gasteiger partial charge in [0.05, 0.1) is 7.11 Å². The number of anilines is 1. The molecule has 1 aromatic carbocycles. The first-order chi connectivity index (χ1) is 9.37. The van der Waals surface area contributed by atoms with Gasteiger partial charge in [0, 0.05) is 5.69 Å². The lowest BCUT2D eigenvalue weighted by molar-refractivity contribution is -0.144. The van der Waals surface area contributed by atoms with E-state index in [1.54, 1.807) is 7.11 Å². The molecule has 0 aliphatic heterocycles. The third kappa shape index (κ3) is 3.06. The maximum Gasteiger partial charge on any atom is 0.329 e. The summed E-state index contributed by atoms with van der Waals surface area (Å²) in [5.41, 5.74) is 0.220. The first-order valence-electron chi connectivity index (χ1n) is 7.03. The summed E-state index contributed by atoms with van der Waals surface area (Å²) in [5.74, 6) is 0.00789. The van der Waals surface area contributed by atoms with E-state index in [-0.39, 0.29) is 5.41 Å². The Hall–Kier alpha value is -1.71. The van der Waals surface area contributed by atoms with Crippen LogP contribution >= 0.6 is 0 Å². The van der Waals surface area contributed by atoms with Gasteiger partial charge in [-0.1, -0.05) is 13.8 Å². The first kappa shape index (κ1) is 14.7. The molecule has 1 aliphatic rings. The Kier molecular flexibility index (Phi) is 3.93. The summed E-state index contributed by atoms with van der Waals surface area (Å²) in [6.45, 7) is 4.40. The molecular formula is C16H23NO3. The molecule has 1 aliphatic carbocycles. The average Bonchev–Trinajstić information content (AvgIpc) is 2.42. The smallest absolute Gasteiger partial charge is 0.329 e. The Morgan fingerprint density at radius 3 is 2.15 bits per heavy atom. The van der Waals surface area contributed by atoms with Gasteiger partial charge < -0.3 is 15.2 Å². The highest BCUT2D eigenvalue weighted by atomic mass is 16.5. The molecule has 1 saturated carbocycles. The second-order valence-electron chi connectivity index (χ2n) is 6.40. The number of hydrogen-bond donors (Lipinski definition) is 2. The van der Waals surface area contributed by atoms with Crippen molar-refractivity contribution in [2.24, 2.45) is 5.41 Å². The van der Waals surface area contributed by atoms with E-state index in [9.17, 15) is 9.90 Å². The van der Waals surface area contributed by atoms with Gasteiger partial charge >= 0.3 is 5.97 Å². The van der Waals surface area contributed by atoms with Crippen molar-refractivity contribution in [1.82, 2.24) is 0 Å². The van der Waals surface area contributed by atoms with Crippen LogP contribution in [0.25, 0.3) is 0 Å². The maximum absolute atomic E-state index is 11.7. The van der Waals surface area contributed by atoms with Gasteiger partial charge in [0.25, 0.3) is 0 Å². The van der Waals surface area contributed by atoms with Gasteiger partial charge in [-0.15, -0.1) is 0 Å². The van der Waals surface area contributed by atoms with Crippen molar-refractivity contribution in [3.05, 3.63) is 24.3 Å². The van der Waals surface area contributed by atoms with Crippen LogP contribution in [-0.4, -0.2) is 23.7 Å². The fourth-order valence-corrected chi connectivity index (χ4v) is 2.70. The first-order valence-corrected chi connectivity index (χ1v) is 7.03. The van der Waals surface area contributed by atoms with E-state index in [1.165, 1.54) is 0 Å². The largest absolute Gasteiger partial charge is 0.497 e. The van der Waals surface area contributed by atoms with E-state index >= 15 is 0 Å². The molecular weight excluding hydrogens is 254 g/mol. The summed E-state index contributed by atoms with van der Waals surface area (Å²) in [6.07, 6.45) is 3.15. The fourth-order valence-electron chi connectivity index (χ4n) is 2.70. The zero-order chi connectivity index (χ0) is 14.8. The van der Waals surface area contributed by atoms with E-state index in [0.29, 0.717) is 12.8 Å². The number of aliphatic carboxylic acids is 1. The normalized spacial score (nSPS) is 20.1. The van der Waals surface area contributed by atoms with Gasteiger partial charge in [0.2, 0.25) is 0 Å². The lowest BCUT2D eigenvalue weighted by Crippen LogP contribution is -2.50. The van der Waals surface area contributed by atoms with Gasteiger partial charge in [-0.2, -0.15) is 0 Å². The van der Waals surface area contributed by atoms with Gasteiger partial charge in [0.1, 0.15) is 11.3 Å². The number of carboxylic acid groups (broad SMARTS) is 1. The van der Waals surface area contributed by atoms with Crippen LogP contribution in [0.5, 0.6) is 5.75 Å². The molecule has 2 N–H and O–H groups in total. The lowest BCUT2D eigenvalue weighted by Gasteiger charge is -2.41. The number of carbonyl (C=O) groups is 1. The summed E-state index contributed by atoms with van der Waals surface area (Å²) in [7, 11) is 1.62. The number of rotatable bonds is 4. The molecule has 0 bridgehead atoms. The zero-order valence-corrected chi connectivity index (χ0v) is 12.4. The molecule has 1 fully saturated rings. The van der Waals surface area contributed by atoms with Gasteiger partial charge in [-0.05, 0) is 55.4 Å². The Bertz CT molecular complexity index is 469. The minimum absolute atomic E-state index is 0.237. The zero-order valence-electron chi connectivity index (χ0n) is 12.4. The van der Waals surface area contributed by atoms with E-state index < -0.39 is 11.5 Å². The maximum atomic E-state index is 11.7. The van der Waals surface area contributed by atoms with E-state index in [1.807, 2.05) is 24.3 Å². The topological polar surface area (TPSA) is 58.6 Å². The Balaban J connectivity index is 2.15. The van der Waals surface area contributed by atoms with Crippen molar-refractivity contribution in [2.75, 3.05) is 12.4 Å². The highest BCUT2D eigenvalue weighted by Gasteiger charge is 2.44. The average molecular weight is 277 g/mol. The van der Waals surface area contributed by atoms with Crippen molar-refractivity contribution < 1.29 is 14.6 Å². The number of hydrogen-bond acceptors (Lipinski definition) is 3. The molecule has 0 saturated heterocycles. The van der Waals surface area contributed by atoms with E-state index in [2.05, 4.69) is 19.2 Å². The fraction of sp³-hybridized carbons (Fsp3) is 0.562. The van der Waals surface area contributed by atoms with Crippen LogP contribution in [0.3, 0.4) is 0 Å². The van der Waals surface area contributed by atoms with Crippen molar-refractivity contribution in [3.63, 3.8) is 0 Å². The van der Waals surface area contributed by atoms with Crippen LogP contribution < -0.4 is 10.1 Å². The number of methoxy groups -OCH3 is 1. The summed E-state index contributed by atoms with van der Waals surface area (Å²) in [4.78, 5) is 11.7. The third-order valence-electron chi connectivity index (χ3n) is 4.34. The van der Waals surface area contributed by atoms with E-state index in [0.717, 1.165) is 24.3 Å². The van der Waals surface area contributed by atoms with Crippen LogP contribution in [0, 0.1) is 5.41 Å². The monoisotopic (exact) mass is 277 g/mol. The SMILES string of the molecule is COc1ccc(NC2(C(=O)O)CCC(C)(C)CC2)cc1. The summed E-state index contributed by atoms with van der Waals surface area (Å²) in [6, 6.07) is 7.40. The summed E-state index contributed by atoms with van der Waals surface area (Å²) in [5, 5.41) is 12.9. The predicted octanol–water partition coefficient (Wildman–Crippen LogP) is 3.53. The number of carboxylic acids is 1. The molecule has 4 nitrogen and oxygen atoms in total. The second kappa shape index (κ2) is 5.35. The van der Waals surface area contributed by atoms with Crippen LogP contribution in [0.15, 0.2) is 24.3 Å². The molecule has 0 aromatic heterocycles. The Labute approximate surface area is 120 Å². The molecule has 2 rings (SSSR count). The molecule has 0 radical (unpaired) electrons. The summed E-state index contributed by atoms with van der Waals surface area (Å²) < 4.78 is 5.11. The lowest BCUT2D eigenvalue weighted by atomic mass is 9.69. The standard InChI is InChI=1S/C16H23NO3/c1-15(2)8-10-16(11-9-15,14(18)19)17-12-4-6-13(20-3)7-5-12/h4-7,17H,8-11H2,1-3H3,(H,18,19). The second-order valence-corrected chi connectivity index (χ2v) is 6.40. The van der Waals surface area contributed by atoms with Crippen LogP contribution in [0.1, 0.15) is 39.5 Å². The quantitative estimate of drug-likeness (QED) is 0.884. The Morgan fingerprint density at radius 2 is 1.70 bits per heavy atom. The number of nitrogens with one attached hydrogen (secondary N) is 1. The van der Waals surface area contributed by atoms with Gasteiger partial charge in [0.15, 0.2) is 0 Å². The number of ether oxygens (including phenoxy) is 1. The van der Waals surface area contributed by atoms with Crippen LogP contribution in [0.2, 0.25) is 0 Å². The molecule has 1 aromatic rings. The molecule has 0 heterocycles. The van der Waals surface area contributed by atoms with Crippen molar-refractivity contribution in [3.8, 4) is 5.75 Å². The highest BCUT2D eigenvalue weighted by molar-refractivity contribution is 5.83. The van der Waals surface area contributed by atoms with Crippen LogP contribution in [0.4, 0.5) is 5.69 Å². The molecule has 0 atom stereocenters. The molecule has 20 heavy (non-hydrogen) atoms. The molecule has 0 amide bonds. The Morgan fingerprint density at radius 1 is 1.15 bits per heavy atom. The van der Waals surface area contributed by atoms with Crippen molar-refractivity contribution >= 4 is 11.7 Å². The molecule has 0 unspecified atom stereocenters. The minimum Gasteiger partial charge on any atom is -0.497 e. The van der Waals surface area contributed by atoms with E-state index in [4.69, 9.17) is 4.74 Å². The number of benzene rings is 1. The molecule has 4 heteroatoms. The van der Waals surface area contributed by atoms with Gasteiger partial charge in [-0.3, -0.25) is 0 Å². The summed E-state index contributed by atoms with van der Waals surface area (Å²) >= 11 is 0. The van der Waals surface area contributed by atoms with Crippen LogP contribution in [-0.2, 0) is 4.79 Å². The van der Waals surface area contributed by atoms with Gasteiger partial charge in [-0.25, -0.2) is 4.79 Å². The minimum atomic E-state index is -0.843. The third-order valence-corrected chi connectivity index (χ3v) is 4.34. The van der Waals surface area contributed by atoms with Crippen molar-refractivity contribution in [1.29, 1.82) is 0 Å². The highest BCUT2D eigenvalue weighted by Crippen LogP contribution is 2.42.